The number of carboxylic acids is 1. The van der Waals surface area contributed by atoms with Gasteiger partial charge < -0.3 is 34.2 Å². The summed E-state index contributed by atoms with van der Waals surface area (Å²) in [7, 11) is 1.28. The summed E-state index contributed by atoms with van der Waals surface area (Å²) in [6.07, 6.45) is 5.27. The second-order valence-corrected chi connectivity index (χ2v) is 7.39. The van der Waals surface area contributed by atoms with Gasteiger partial charge in [0.15, 0.2) is 11.7 Å². The van der Waals surface area contributed by atoms with Gasteiger partial charge >= 0.3 is 23.0 Å². The predicted octanol–water partition coefficient (Wildman–Crippen LogP) is 4.08. The van der Waals surface area contributed by atoms with E-state index in [0.29, 0.717) is 22.0 Å². The first kappa shape index (κ1) is 27.5. The van der Waals surface area contributed by atoms with Crippen molar-refractivity contribution < 1.29 is 41.3 Å². The molecule has 0 saturated heterocycles. The standard InChI is InChI=1S/C23H18ClN5O5.Mn/c1-15-9-18(7-8-20(15)34-21-10-19(22(31)32)25-12-26-21)27-13-29(23(33)28(2)14-30)11-16-3-5-17(24)6-4-16;/h3-10,12H,11H2,1-2H3,(H,31,32);/q-2;+2. The Labute approximate surface area is 216 Å². The fourth-order valence-corrected chi connectivity index (χ4v) is 2.82. The first-order chi connectivity index (χ1) is 16.3. The zero-order chi connectivity index (χ0) is 24.7. The van der Waals surface area contributed by atoms with Crippen molar-refractivity contribution in [1.82, 2.24) is 19.8 Å². The Kier molecular flexibility index (Phi) is 9.89. The molecule has 0 fully saturated rings. The average molecular weight is 535 g/mol. The molecule has 1 aromatic heterocycles. The monoisotopic (exact) mass is 534 g/mol. The van der Waals surface area contributed by atoms with Crippen LogP contribution in [0.3, 0.4) is 0 Å². The van der Waals surface area contributed by atoms with Gasteiger partial charge in [-0.1, -0.05) is 35.9 Å². The van der Waals surface area contributed by atoms with Crippen molar-refractivity contribution in [3.8, 4) is 11.6 Å². The number of urea groups is 1. The van der Waals surface area contributed by atoms with E-state index in [1.807, 2.05) is 0 Å². The second-order valence-electron chi connectivity index (χ2n) is 6.96. The number of ether oxygens (including phenoxy) is 1. The van der Waals surface area contributed by atoms with Crippen LogP contribution in [-0.4, -0.2) is 56.7 Å². The summed E-state index contributed by atoms with van der Waals surface area (Å²) in [6.45, 7) is 1.87. The number of carboxylic acid groups (broad SMARTS) is 1. The number of hydrogen-bond donors (Lipinski definition) is 1. The number of carbonyl (C=O) groups excluding carboxylic acids is 2. The van der Waals surface area contributed by atoms with Gasteiger partial charge in [-0.05, 0) is 49.0 Å². The van der Waals surface area contributed by atoms with Crippen LogP contribution < -0.4 is 4.74 Å². The summed E-state index contributed by atoms with van der Waals surface area (Å²) in [5, 5.41) is 9.59. The maximum atomic E-state index is 12.5. The minimum Gasteiger partial charge on any atom is -0.477 e. The van der Waals surface area contributed by atoms with Crippen molar-refractivity contribution in [2.75, 3.05) is 7.05 Å². The molecule has 0 atom stereocenters. The van der Waals surface area contributed by atoms with Crippen LogP contribution in [0.5, 0.6) is 11.6 Å². The molecule has 0 unspecified atom stereocenters. The van der Waals surface area contributed by atoms with Crippen LogP contribution in [0.2, 0.25) is 5.02 Å². The molecule has 0 bridgehead atoms. The molecular weight excluding hydrogens is 517 g/mol. The Morgan fingerprint density at radius 2 is 1.86 bits per heavy atom. The molecule has 1 heterocycles. The van der Waals surface area contributed by atoms with Gasteiger partial charge in [-0.3, -0.25) is 0 Å². The van der Waals surface area contributed by atoms with E-state index < -0.39 is 12.0 Å². The van der Waals surface area contributed by atoms with Crippen molar-refractivity contribution in [3.63, 3.8) is 0 Å². The molecule has 0 aliphatic rings. The van der Waals surface area contributed by atoms with Crippen LogP contribution in [0.1, 0.15) is 21.6 Å². The minimum atomic E-state index is -1.19. The van der Waals surface area contributed by atoms with E-state index in [2.05, 4.69) is 21.3 Å². The number of hydrogen-bond acceptors (Lipinski definition) is 7. The summed E-state index contributed by atoms with van der Waals surface area (Å²) < 4.78 is 5.65. The number of imide groups is 1. The fraction of sp³-hybridized carbons (Fsp3) is 0.130. The Morgan fingerprint density at radius 3 is 2.49 bits per heavy atom. The van der Waals surface area contributed by atoms with Crippen LogP contribution >= 0.6 is 11.6 Å². The Balaban J connectivity index is 0.00000432. The summed E-state index contributed by atoms with van der Waals surface area (Å²) in [5.74, 6) is -0.690. The van der Waals surface area contributed by atoms with Crippen molar-refractivity contribution in [2.45, 2.75) is 13.5 Å². The topological polar surface area (TPSA) is 125 Å². The first-order valence-corrected chi connectivity index (χ1v) is 10.1. The number of halogens is 1. The third-order valence-corrected chi connectivity index (χ3v) is 4.69. The summed E-state index contributed by atoms with van der Waals surface area (Å²) in [4.78, 5) is 48.2. The SMILES string of the molecule is Cc1cc(N=[C-]N(Cc2ccc(Cl)cc2)C(=O)N(C)[C-]=O)ccc1Oc1cc(C(=O)O)ncn1.[Mn+2]. The molecule has 1 N–H and O–H groups in total. The normalized spacial score (nSPS) is 10.4. The molecule has 0 aliphatic carbocycles. The molecule has 12 heteroatoms. The number of aliphatic imine (C=N–C) groups is 1. The van der Waals surface area contributed by atoms with Crippen LogP contribution in [0.25, 0.3) is 0 Å². The zero-order valence-electron chi connectivity index (χ0n) is 18.5. The summed E-state index contributed by atoms with van der Waals surface area (Å²) in [5.41, 5.74) is 1.70. The van der Waals surface area contributed by atoms with Gasteiger partial charge in [-0.2, -0.15) is 0 Å². The van der Waals surface area contributed by atoms with Crippen LogP contribution in [0, 0.1) is 6.92 Å². The largest absolute Gasteiger partial charge is 2.00 e. The van der Waals surface area contributed by atoms with Gasteiger partial charge in [0.2, 0.25) is 5.88 Å². The number of benzene rings is 2. The van der Waals surface area contributed by atoms with Gasteiger partial charge in [-0.15, -0.1) is 0 Å². The van der Waals surface area contributed by atoms with Crippen molar-refractivity contribution >= 4 is 42.0 Å². The quantitative estimate of drug-likeness (QED) is 0.152. The molecular formula is C23H18ClMnN5O5. The Hall–Kier alpha value is -3.79. The van der Waals surface area contributed by atoms with Crippen molar-refractivity contribution in [3.05, 3.63) is 76.7 Å². The van der Waals surface area contributed by atoms with E-state index in [0.717, 1.165) is 21.7 Å². The molecule has 3 aromatic rings. The van der Waals surface area contributed by atoms with E-state index in [4.69, 9.17) is 21.4 Å². The number of aromatic nitrogens is 2. The van der Waals surface area contributed by atoms with Crippen molar-refractivity contribution in [2.24, 2.45) is 4.99 Å². The van der Waals surface area contributed by atoms with E-state index in [-0.39, 0.29) is 35.2 Å². The van der Waals surface area contributed by atoms with Crippen LogP contribution in [0.4, 0.5) is 10.5 Å². The number of aryl methyl sites for hydroxylation is 1. The summed E-state index contributed by atoms with van der Waals surface area (Å²) in [6, 6.07) is 12.3. The molecule has 35 heavy (non-hydrogen) atoms. The van der Waals surface area contributed by atoms with Gasteiger partial charge in [0.05, 0.1) is 6.41 Å². The molecule has 2 aromatic carbocycles. The van der Waals surface area contributed by atoms with Gasteiger partial charge in [0, 0.05) is 24.0 Å². The fourth-order valence-electron chi connectivity index (χ4n) is 2.70. The molecule has 0 aliphatic heterocycles. The van der Waals surface area contributed by atoms with Gasteiger partial charge in [0.1, 0.15) is 12.1 Å². The molecule has 10 nitrogen and oxygen atoms in total. The number of amides is 3. The Morgan fingerprint density at radius 1 is 1.14 bits per heavy atom. The smallest absolute Gasteiger partial charge is 0.477 e. The number of rotatable bonds is 8. The van der Waals surface area contributed by atoms with Crippen LogP contribution in [-0.2, 0) is 28.4 Å². The third-order valence-electron chi connectivity index (χ3n) is 4.44. The molecule has 0 spiro atoms. The maximum absolute atomic E-state index is 12.5. The van der Waals surface area contributed by atoms with Crippen LogP contribution in [0.15, 0.2) is 59.9 Å². The molecule has 3 rings (SSSR count). The Bertz CT molecular complexity index is 1240. The number of nitrogens with zero attached hydrogens (tertiary/aromatic N) is 5. The number of aromatic carboxylic acids is 1. The maximum Gasteiger partial charge on any atom is 2.00 e. The average Bonchev–Trinajstić information content (AvgIpc) is 2.83. The van der Waals surface area contributed by atoms with Gasteiger partial charge in [0.25, 0.3) is 0 Å². The minimum absolute atomic E-state index is 0. The van der Waals surface area contributed by atoms with E-state index in [9.17, 15) is 14.4 Å². The number of carbonyl (C=O) groups is 2. The summed E-state index contributed by atoms with van der Waals surface area (Å²) >= 11 is 5.91. The zero-order valence-corrected chi connectivity index (χ0v) is 20.4. The van der Waals surface area contributed by atoms with E-state index in [1.54, 1.807) is 49.4 Å². The molecule has 1 radical (unpaired) electrons. The second kappa shape index (κ2) is 12.6. The van der Waals surface area contributed by atoms with Crippen molar-refractivity contribution in [1.29, 1.82) is 0 Å². The molecule has 179 valence electrons. The molecule has 0 saturated carbocycles. The predicted molar refractivity (Wildman–Crippen MR) is 123 cm³/mol. The molecule has 3 amide bonds. The third kappa shape index (κ3) is 7.61. The van der Waals surface area contributed by atoms with E-state index in [1.165, 1.54) is 19.5 Å². The van der Waals surface area contributed by atoms with Gasteiger partial charge in [-0.25, -0.2) is 14.8 Å². The van der Waals surface area contributed by atoms with E-state index >= 15 is 0 Å². The first-order valence-electron chi connectivity index (χ1n) is 9.74.